The van der Waals surface area contributed by atoms with E-state index in [-0.39, 0.29) is 18.2 Å². The van der Waals surface area contributed by atoms with Gasteiger partial charge in [0, 0.05) is 12.5 Å². The molecule has 1 aromatic rings. The molecule has 128 valence electrons. The van der Waals surface area contributed by atoms with E-state index in [1.165, 1.54) is 6.92 Å². The average Bonchev–Trinajstić information content (AvgIpc) is 3.33. The molecule has 1 aromatic heterocycles. The summed E-state index contributed by atoms with van der Waals surface area (Å²) in [7, 11) is 0. The van der Waals surface area contributed by atoms with E-state index in [2.05, 4.69) is 0 Å². The molecule has 24 heavy (non-hydrogen) atoms. The first-order valence-corrected chi connectivity index (χ1v) is 8.18. The number of carbonyl (C=O) groups is 2. The van der Waals surface area contributed by atoms with E-state index in [9.17, 15) is 9.59 Å². The van der Waals surface area contributed by atoms with Gasteiger partial charge in [0.2, 0.25) is 0 Å². The van der Waals surface area contributed by atoms with Crippen molar-refractivity contribution in [1.82, 2.24) is 0 Å². The molecule has 7 nitrogen and oxygen atoms in total. The van der Waals surface area contributed by atoms with E-state index >= 15 is 0 Å². The maximum Gasteiger partial charge on any atom is 0.342 e. The topological polar surface area (TPSA) is 90.8 Å². The normalized spacial score (nSPS) is 44.7. The third kappa shape index (κ3) is 1.64. The quantitative estimate of drug-likeness (QED) is 0.572. The van der Waals surface area contributed by atoms with Crippen molar-refractivity contribution in [2.45, 2.75) is 69.2 Å². The van der Waals surface area contributed by atoms with E-state index in [0.717, 1.165) is 11.1 Å². The molecule has 0 spiro atoms. The fraction of sp³-hybridized carbons (Fsp3) is 0.647. The van der Waals surface area contributed by atoms with E-state index in [1.54, 1.807) is 6.26 Å². The highest BCUT2D eigenvalue weighted by Gasteiger charge is 2.75. The Morgan fingerprint density at radius 3 is 2.88 bits per heavy atom. The molecule has 3 fully saturated rings. The summed E-state index contributed by atoms with van der Waals surface area (Å²) in [5.41, 5.74) is 0.0715. The van der Waals surface area contributed by atoms with Crippen LogP contribution in [0.15, 0.2) is 10.7 Å². The highest BCUT2D eigenvalue weighted by Crippen LogP contribution is 2.61. The number of hydrogen-bond acceptors (Lipinski definition) is 7. The highest BCUT2D eigenvalue weighted by atomic mass is 16.7. The van der Waals surface area contributed by atoms with Crippen LogP contribution in [0.25, 0.3) is 0 Å². The Labute approximate surface area is 138 Å². The van der Waals surface area contributed by atoms with Gasteiger partial charge in [-0.15, -0.1) is 0 Å². The molecular formula is C17H18O7. The maximum atomic E-state index is 12.3. The molecular weight excluding hydrogens is 316 g/mol. The summed E-state index contributed by atoms with van der Waals surface area (Å²) in [5.74, 6) is -0.246. The van der Waals surface area contributed by atoms with Gasteiger partial charge in [0.15, 0.2) is 23.6 Å². The lowest BCUT2D eigenvalue weighted by Crippen LogP contribution is -2.29. The van der Waals surface area contributed by atoms with E-state index in [0.29, 0.717) is 18.6 Å². The first-order valence-electron chi connectivity index (χ1n) is 8.18. The van der Waals surface area contributed by atoms with Crippen LogP contribution in [0.3, 0.4) is 0 Å². The summed E-state index contributed by atoms with van der Waals surface area (Å²) in [6.07, 6.45) is 1.16. The molecule has 7 heteroatoms. The zero-order chi connectivity index (χ0) is 16.9. The standard InChI is InChI=1S/C17H18O7/c1-7-6-20-11-10(7)12-14-17(24-14,15(19)22-12)5-4-9-16(3,23-9)13(11)21-8(2)18/h6,9,12-14H,4-5H2,1-3H3/t9-,12+,13-,14+,16+,17+/m1/s1. The van der Waals surface area contributed by atoms with Gasteiger partial charge < -0.3 is 23.4 Å². The summed E-state index contributed by atoms with van der Waals surface area (Å²) >= 11 is 0. The van der Waals surface area contributed by atoms with Crippen molar-refractivity contribution >= 4 is 11.9 Å². The minimum atomic E-state index is -0.840. The van der Waals surface area contributed by atoms with Gasteiger partial charge in [-0.1, -0.05) is 0 Å². The van der Waals surface area contributed by atoms with Crippen LogP contribution in [-0.2, 0) is 28.5 Å². The van der Waals surface area contributed by atoms with Gasteiger partial charge in [-0.2, -0.15) is 0 Å². The van der Waals surface area contributed by atoms with Gasteiger partial charge in [-0.25, -0.2) is 4.79 Å². The summed E-state index contributed by atoms with van der Waals surface area (Å²) in [6, 6.07) is 0. The Morgan fingerprint density at radius 1 is 1.38 bits per heavy atom. The van der Waals surface area contributed by atoms with E-state index < -0.39 is 29.4 Å². The molecule has 0 N–H and O–H groups in total. The van der Waals surface area contributed by atoms with Gasteiger partial charge in [0.1, 0.15) is 11.7 Å². The SMILES string of the molecule is CC(=O)O[C@@H]1c2occ(C)c2[C@@H]2OC(=O)[C@@]3(CC[C@H]4O[C@]14C)O[C@@H]23. The number of aryl methyl sites for hydroxylation is 1. The van der Waals surface area contributed by atoms with E-state index in [4.69, 9.17) is 23.4 Å². The number of furan rings is 1. The monoisotopic (exact) mass is 334 g/mol. The second kappa shape index (κ2) is 4.21. The Morgan fingerprint density at radius 2 is 2.17 bits per heavy atom. The fourth-order valence-corrected chi connectivity index (χ4v) is 4.29. The second-order valence-electron chi connectivity index (χ2n) is 7.27. The molecule has 0 amide bonds. The molecule has 5 rings (SSSR count). The minimum absolute atomic E-state index is 0.121. The van der Waals surface area contributed by atoms with Crippen molar-refractivity contribution < 1.29 is 33.0 Å². The predicted octanol–water partition coefficient (Wildman–Crippen LogP) is 1.88. The van der Waals surface area contributed by atoms with Crippen molar-refractivity contribution in [1.29, 1.82) is 0 Å². The van der Waals surface area contributed by atoms with Gasteiger partial charge in [0.25, 0.3) is 0 Å². The molecule has 0 saturated carbocycles. The fourth-order valence-electron chi connectivity index (χ4n) is 4.29. The lowest BCUT2D eigenvalue weighted by molar-refractivity contribution is -0.155. The van der Waals surface area contributed by atoms with Crippen molar-refractivity contribution in [2.24, 2.45) is 0 Å². The maximum absolute atomic E-state index is 12.3. The molecule has 4 heterocycles. The van der Waals surface area contributed by atoms with Crippen molar-refractivity contribution in [2.75, 3.05) is 0 Å². The van der Waals surface area contributed by atoms with Gasteiger partial charge in [0.05, 0.1) is 12.4 Å². The number of hydrogen-bond donors (Lipinski definition) is 0. The Hall–Kier alpha value is -1.86. The Kier molecular flexibility index (Phi) is 2.54. The largest absolute Gasteiger partial charge is 0.465 e. The van der Waals surface area contributed by atoms with Crippen LogP contribution < -0.4 is 0 Å². The number of esters is 2. The molecule has 0 radical (unpaired) electrons. The van der Waals surface area contributed by atoms with Crippen LogP contribution in [0.2, 0.25) is 0 Å². The van der Waals surface area contributed by atoms with Crippen molar-refractivity contribution in [3.8, 4) is 0 Å². The lowest BCUT2D eigenvalue weighted by Gasteiger charge is -2.22. The van der Waals surface area contributed by atoms with Crippen LogP contribution in [0.1, 0.15) is 55.8 Å². The molecule has 1 aliphatic carbocycles. The van der Waals surface area contributed by atoms with Crippen LogP contribution in [0.4, 0.5) is 0 Å². The van der Waals surface area contributed by atoms with Gasteiger partial charge in [-0.3, -0.25) is 4.79 Å². The molecule has 6 atom stereocenters. The number of rotatable bonds is 1. The Bertz CT molecular complexity index is 767. The lowest BCUT2D eigenvalue weighted by atomic mass is 9.86. The summed E-state index contributed by atoms with van der Waals surface area (Å²) < 4.78 is 28.6. The third-order valence-electron chi connectivity index (χ3n) is 5.73. The zero-order valence-electron chi connectivity index (χ0n) is 13.7. The van der Waals surface area contributed by atoms with Crippen LogP contribution in [0.5, 0.6) is 0 Å². The van der Waals surface area contributed by atoms with Crippen molar-refractivity contribution in [3.63, 3.8) is 0 Å². The first kappa shape index (κ1) is 14.5. The molecule has 3 saturated heterocycles. The smallest absolute Gasteiger partial charge is 0.342 e. The number of epoxide rings is 2. The van der Waals surface area contributed by atoms with Crippen LogP contribution in [0, 0.1) is 6.92 Å². The number of carbonyl (C=O) groups excluding carboxylic acids is 2. The number of fused-ring (bicyclic) bond motifs is 3. The predicted molar refractivity (Wildman–Crippen MR) is 76.9 cm³/mol. The molecule has 0 aromatic carbocycles. The Balaban J connectivity index is 1.66. The minimum Gasteiger partial charge on any atom is -0.465 e. The zero-order valence-corrected chi connectivity index (χ0v) is 13.7. The third-order valence-corrected chi connectivity index (χ3v) is 5.73. The average molecular weight is 334 g/mol. The highest BCUT2D eigenvalue weighted by molar-refractivity contribution is 5.87. The summed E-state index contributed by atoms with van der Waals surface area (Å²) in [5, 5.41) is 0. The molecule has 3 aliphatic heterocycles. The molecule has 0 unspecified atom stereocenters. The van der Waals surface area contributed by atoms with Gasteiger partial charge >= 0.3 is 11.9 Å². The second-order valence-corrected chi connectivity index (χ2v) is 7.27. The van der Waals surface area contributed by atoms with Crippen LogP contribution >= 0.6 is 0 Å². The molecule has 2 bridgehead atoms. The molecule has 4 aliphatic rings. The summed E-state index contributed by atoms with van der Waals surface area (Å²) in [6.45, 7) is 5.14. The number of ether oxygens (including phenoxy) is 4. The van der Waals surface area contributed by atoms with Crippen LogP contribution in [-0.4, -0.2) is 35.3 Å². The van der Waals surface area contributed by atoms with E-state index in [1.807, 2.05) is 13.8 Å². The van der Waals surface area contributed by atoms with Crippen molar-refractivity contribution in [3.05, 3.63) is 23.2 Å². The first-order chi connectivity index (χ1) is 11.4. The summed E-state index contributed by atoms with van der Waals surface area (Å²) in [4.78, 5) is 24.0. The van der Waals surface area contributed by atoms with Gasteiger partial charge in [-0.05, 0) is 32.3 Å².